The molecule has 0 atom stereocenters. The Morgan fingerprint density at radius 1 is 1.17 bits per heavy atom. The molecule has 130 valence electrons. The first-order valence-corrected chi connectivity index (χ1v) is 11.0. The number of hydrogen-bond acceptors (Lipinski definition) is 0. The number of halogens is 4. The Kier molecular flexibility index (Phi) is 4.16. The zero-order chi connectivity index (χ0) is 20.1. The third-order valence-corrected chi connectivity index (χ3v) is 5.89. The Morgan fingerprint density at radius 2 is 1.79 bits per heavy atom. The van der Waals surface area contributed by atoms with Gasteiger partial charge in [-0.3, -0.25) is 0 Å². The van der Waals surface area contributed by atoms with Crippen molar-refractivity contribution >= 4 is 13.3 Å². The second kappa shape index (κ2) is 6.31. The summed E-state index contributed by atoms with van der Waals surface area (Å²) in [6, 6.07) is 5.72. The van der Waals surface area contributed by atoms with Gasteiger partial charge in [-0.05, 0) is 24.1 Å². The Morgan fingerprint density at radius 3 is 2.29 bits per heavy atom. The number of hydrogen-bond donors (Lipinski definition) is 0. The summed E-state index contributed by atoms with van der Waals surface area (Å²) in [5.41, 5.74) is 0.481. The van der Waals surface area contributed by atoms with E-state index in [0.717, 1.165) is 12.1 Å². The molecule has 0 saturated carbocycles. The smallest absolute Gasteiger partial charge is 0.207 e. The van der Waals surface area contributed by atoms with E-state index in [4.69, 9.17) is 2.74 Å². The van der Waals surface area contributed by atoms with Crippen LogP contribution in [0.25, 0.3) is 11.3 Å². The van der Waals surface area contributed by atoms with Gasteiger partial charge in [0.25, 0.3) is 0 Å². The second-order valence-corrected chi connectivity index (χ2v) is 12.0. The molecule has 1 heterocycles. The van der Waals surface area contributed by atoms with Gasteiger partial charge in [0, 0.05) is 14.0 Å². The molecule has 0 radical (unpaired) electrons. The van der Waals surface area contributed by atoms with Crippen LogP contribution in [0.15, 0.2) is 30.5 Å². The lowest BCUT2D eigenvalue weighted by Gasteiger charge is -2.16. The maximum absolute atomic E-state index is 14.4. The highest BCUT2D eigenvalue weighted by Crippen LogP contribution is 2.28. The largest absolute Gasteiger partial charge is 0.393 e. The lowest BCUT2D eigenvalue weighted by molar-refractivity contribution is -0.659. The van der Waals surface area contributed by atoms with Crippen molar-refractivity contribution in [1.29, 1.82) is 0 Å². The minimum absolute atomic E-state index is 0.380. The van der Waals surface area contributed by atoms with Gasteiger partial charge in [0.2, 0.25) is 5.69 Å². The van der Waals surface area contributed by atoms with Crippen LogP contribution in [-0.4, -0.2) is 14.3 Å². The Hall–Kier alpha value is -1.69. The van der Waals surface area contributed by atoms with E-state index < -0.39 is 32.0 Å². The number of nitrogens with zero attached hydrogens (tertiary/aromatic N) is 1. The van der Waals surface area contributed by atoms with Crippen LogP contribution in [0.1, 0.15) is 13.9 Å². The number of aromatic nitrogens is 1. The molecule has 0 aliphatic heterocycles. The molecule has 0 fully saturated rings. The highest BCUT2D eigenvalue weighted by molar-refractivity contribution is 6.88. The standard InChI is InChI=1S/C18H22F4NSi/c1-12-8-13(10-18(20,21)22)16(19)9-15(12)17-7-6-14(11-23(17)2)24(3,4)5/h6-9,11H,10H2,1-5H3/q+1/i10D2. The first-order chi connectivity index (χ1) is 11.7. The molecule has 2 rings (SSSR count). The minimum Gasteiger partial charge on any atom is -0.207 e. The van der Waals surface area contributed by atoms with Gasteiger partial charge in [0.15, 0.2) is 6.20 Å². The lowest BCUT2D eigenvalue weighted by atomic mass is 9.99. The molecule has 0 spiro atoms. The van der Waals surface area contributed by atoms with Crippen LogP contribution < -0.4 is 9.75 Å². The second-order valence-electron chi connectivity index (χ2n) is 6.93. The Balaban J connectivity index is 2.59. The van der Waals surface area contributed by atoms with Crippen molar-refractivity contribution in [3.8, 4) is 11.3 Å². The number of rotatable bonds is 3. The average molecular weight is 358 g/mol. The Bertz CT molecular complexity index is 842. The molecular formula is C18H22F4NSi+. The van der Waals surface area contributed by atoms with E-state index in [1.807, 2.05) is 22.9 Å². The van der Waals surface area contributed by atoms with Gasteiger partial charge in [-0.1, -0.05) is 31.8 Å². The normalized spacial score (nSPS) is 14.4. The van der Waals surface area contributed by atoms with Crippen molar-refractivity contribution in [2.75, 3.05) is 0 Å². The molecule has 6 heteroatoms. The van der Waals surface area contributed by atoms with E-state index in [2.05, 4.69) is 19.6 Å². The van der Waals surface area contributed by atoms with Crippen molar-refractivity contribution < 1.29 is 24.9 Å². The molecule has 0 amide bonds. The first kappa shape index (κ1) is 15.8. The fraction of sp³-hybridized carbons (Fsp3) is 0.389. The van der Waals surface area contributed by atoms with Gasteiger partial charge in [0.1, 0.15) is 12.9 Å². The van der Waals surface area contributed by atoms with E-state index >= 15 is 0 Å². The zero-order valence-corrected chi connectivity index (χ0v) is 15.3. The lowest BCUT2D eigenvalue weighted by Crippen LogP contribution is -2.45. The number of aryl methyl sites for hydroxylation is 2. The minimum atomic E-state index is -5.19. The summed E-state index contributed by atoms with van der Waals surface area (Å²) in [6.45, 7) is 8.14. The molecule has 0 bridgehead atoms. The molecule has 1 aromatic carbocycles. The quantitative estimate of drug-likeness (QED) is 0.438. The summed E-state index contributed by atoms with van der Waals surface area (Å²) in [4.78, 5) is 0. The summed E-state index contributed by atoms with van der Waals surface area (Å²) in [7, 11) is 0.267. The fourth-order valence-corrected chi connectivity index (χ4v) is 3.70. The molecule has 24 heavy (non-hydrogen) atoms. The molecule has 0 aliphatic rings. The number of benzene rings is 1. The summed E-state index contributed by atoms with van der Waals surface area (Å²) in [6.07, 6.45) is -6.97. The highest BCUT2D eigenvalue weighted by atomic mass is 28.3. The average Bonchev–Trinajstić information content (AvgIpc) is 2.47. The van der Waals surface area contributed by atoms with Crippen LogP contribution >= 0.6 is 0 Å². The van der Waals surface area contributed by atoms with E-state index in [1.54, 1.807) is 14.0 Å². The van der Waals surface area contributed by atoms with Gasteiger partial charge in [0.05, 0.1) is 20.0 Å². The summed E-state index contributed by atoms with van der Waals surface area (Å²) in [5, 5.41) is 1.20. The van der Waals surface area contributed by atoms with Gasteiger partial charge in [-0.15, -0.1) is 0 Å². The molecular weight excluding hydrogens is 334 g/mol. The van der Waals surface area contributed by atoms with Crippen molar-refractivity contribution in [3.63, 3.8) is 0 Å². The van der Waals surface area contributed by atoms with Crippen molar-refractivity contribution in [2.24, 2.45) is 7.05 Å². The van der Waals surface area contributed by atoms with Crippen LogP contribution in [0, 0.1) is 12.7 Å². The summed E-state index contributed by atoms with van der Waals surface area (Å²) in [5.74, 6) is -1.21. The predicted octanol–water partition coefficient (Wildman–Crippen LogP) is 4.28. The van der Waals surface area contributed by atoms with Crippen LogP contribution in [-0.2, 0) is 13.4 Å². The molecule has 1 aromatic heterocycles. The van der Waals surface area contributed by atoms with Crippen molar-refractivity contribution in [1.82, 2.24) is 0 Å². The number of alkyl halides is 3. The summed E-state index contributed by atoms with van der Waals surface area (Å²) < 4.78 is 69.6. The monoisotopic (exact) mass is 358 g/mol. The van der Waals surface area contributed by atoms with Gasteiger partial charge >= 0.3 is 6.18 Å². The molecule has 1 nitrogen and oxygen atoms in total. The van der Waals surface area contributed by atoms with Crippen LogP contribution in [0.5, 0.6) is 0 Å². The topological polar surface area (TPSA) is 3.88 Å². The van der Waals surface area contributed by atoms with Gasteiger partial charge < -0.3 is 0 Å². The Labute approximate surface area is 143 Å². The SMILES string of the molecule is [2H]C([2H])(c1cc(C)c(-c2ccc([Si](C)(C)C)c[n+]2C)cc1F)C(F)(F)F. The van der Waals surface area contributed by atoms with Crippen LogP contribution in [0.3, 0.4) is 0 Å². The first-order valence-electron chi connectivity index (χ1n) is 8.54. The molecule has 0 aliphatic carbocycles. The van der Waals surface area contributed by atoms with Gasteiger partial charge in [-0.25, -0.2) is 8.96 Å². The molecule has 2 aromatic rings. The van der Waals surface area contributed by atoms with Crippen molar-refractivity contribution in [3.05, 3.63) is 47.4 Å². The predicted molar refractivity (Wildman–Crippen MR) is 90.5 cm³/mol. The molecule has 0 unspecified atom stereocenters. The molecule has 0 saturated heterocycles. The fourth-order valence-electron chi connectivity index (χ4n) is 2.54. The van der Waals surface area contributed by atoms with Crippen molar-refractivity contribution in [2.45, 2.75) is 39.1 Å². The van der Waals surface area contributed by atoms with Crippen LogP contribution in [0.2, 0.25) is 19.6 Å². The highest BCUT2D eigenvalue weighted by Gasteiger charge is 2.30. The third-order valence-electron chi connectivity index (χ3n) is 3.87. The van der Waals surface area contributed by atoms with E-state index in [-0.39, 0.29) is 0 Å². The van der Waals surface area contributed by atoms with Crippen LogP contribution in [0.4, 0.5) is 17.6 Å². The third kappa shape index (κ3) is 4.23. The van der Waals surface area contributed by atoms with E-state index in [9.17, 15) is 17.6 Å². The van der Waals surface area contributed by atoms with Gasteiger partial charge in [-0.2, -0.15) is 13.2 Å². The van der Waals surface area contributed by atoms with E-state index in [0.29, 0.717) is 16.8 Å². The molecule has 0 N–H and O–H groups in total. The zero-order valence-electron chi connectivity index (χ0n) is 16.3. The maximum atomic E-state index is 14.4. The van der Waals surface area contributed by atoms with E-state index in [1.165, 1.54) is 5.19 Å². The summed E-state index contributed by atoms with van der Waals surface area (Å²) >= 11 is 0. The maximum Gasteiger partial charge on any atom is 0.393 e. The number of pyridine rings is 1.